The Labute approximate surface area is 116 Å². The molecule has 0 aromatic carbocycles. The number of hydrogen-bond donors (Lipinski definition) is 2. The first-order valence-electron chi connectivity index (χ1n) is 5.94. The van der Waals surface area contributed by atoms with Gasteiger partial charge in [-0.05, 0) is 0 Å². The Morgan fingerprint density at radius 1 is 1.20 bits per heavy atom. The number of nitrogen functional groups attached to an aromatic ring is 1. The minimum absolute atomic E-state index is 0.243. The fourth-order valence-corrected chi connectivity index (χ4v) is 2.86. The lowest BCUT2D eigenvalue weighted by Gasteiger charge is -2.26. The summed E-state index contributed by atoms with van der Waals surface area (Å²) in [6.45, 7) is 1.27. The molecule has 0 aliphatic carbocycles. The van der Waals surface area contributed by atoms with Crippen molar-refractivity contribution in [3.05, 3.63) is 12.7 Å². The van der Waals surface area contributed by atoms with Crippen LogP contribution in [0.3, 0.4) is 0 Å². The first kappa shape index (κ1) is 12.9. The highest BCUT2D eigenvalue weighted by Gasteiger charge is 2.19. The lowest BCUT2D eigenvalue weighted by Crippen LogP contribution is -2.39. The van der Waals surface area contributed by atoms with E-state index in [9.17, 15) is 4.21 Å². The summed E-state index contributed by atoms with van der Waals surface area (Å²) in [6.07, 6.45) is 2.88. The van der Waals surface area contributed by atoms with Crippen LogP contribution >= 0.6 is 0 Å². The Morgan fingerprint density at radius 2 is 1.95 bits per heavy atom. The topological polar surface area (TPSA) is 128 Å². The molecule has 1 fully saturated rings. The molecule has 0 atom stereocenters. The summed E-state index contributed by atoms with van der Waals surface area (Å²) in [7, 11) is -0.757. The van der Waals surface area contributed by atoms with Crippen LogP contribution in [0, 0.1) is 0 Å². The van der Waals surface area contributed by atoms with Gasteiger partial charge in [0.15, 0.2) is 0 Å². The van der Waals surface area contributed by atoms with Gasteiger partial charge in [-0.1, -0.05) is 0 Å². The molecule has 3 N–H and O–H groups in total. The molecule has 0 spiro atoms. The Bertz CT molecular complexity index is 606. The average molecular weight is 295 g/mol. The number of rotatable bonds is 3. The van der Waals surface area contributed by atoms with Crippen molar-refractivity contribution in [2.75, 3.05) is 34.9 Å². The molecule has 0 amide bonds. The van der Waals surface area contributed by atoms with E-state index in [2.05, 4.69) is 30.5 Å². The second-order valence-electron chi connectivity index (χ2n) is 4.08. The highest BCUT2D eigenvalue weighted by atomic mass is 32.2. The SMILES string of the molecule is NNc1nc(N2CCS(=O)CC2)nc(-n2cncn2)n1. The molecule has 11 heteroatoms. The van der Waals surface area contributed by atoms with Crippen molar-refractivity contribution in [1.29, 1.82) is 0 Å². The highest BCUT2D eigenvalue weighted by Crippen LogP contribution is 2.14. The standard InChI is InChI=1S/C9H13N9OS/c10-16-7-13-8(17-1-3-20(19)4-2-17)15-9(14-7)18-6-11-5-12-18/h5-6H,1-4,10H2,(H,13,14,15,16). The molecule has 3 heterocycles. The van der Waals surface area contributed by atoms with Crippen molar-refractivity contribution < 1.29 is 4.21 Å². The summed E-state index contributed by atoms with van der Waals surface area (Å²) in [5, 5.41) is 3.98. The van der Waals surface area contributed by atoms with Gasteiger partial charge in [-0.2, -0.15) is 24.7 Å². The Kier molecular flexibility index (Phi) is 3.52. The van der Waals surface area contributed by atoms with E-state index < -0.39 is 10.8 Å². The molecule has 106 valence electrons. The van der Waals surface area contributed by atoms with Gasteiger partial charge in [-0.25, -0.2) is 10.8 Å². The fourth-order valence-electron chi connectivity index (χ4n) is 1.81. The molecule has 0 saturated carbocycles. The molecule has 3 rings (SSSR count). The summed E-state index contributed by atoms with van der Waals surface area (Å²) < 4.78 is 12.8. The molecule has 0 unspecified atom stereocenters. The predicted molar refractivity (Wildman–Crippen MR) is 72.6 cm³/mol. The molecule has 20 heavy (non-hydrogen) atoms. The summed E-state index contributed by atoms with van der Waals surface area (Å²) in [4.78, 5) is 18.5. The maximum absolute atomic E-state index is 11.4. The van der Waals surface area contributed by atoms with Crippen LogP contribution in [0.5, 0.6) is 0 Å². The molecular weight excluding hydrogens is 282 g/mol. The predicted octanol–water partition coefficient (Wildman–Crippen LogP) is -1.69. The lowest BCUT2D eigenvalue weighted by molar-refractivity contribution is 0.670. The van der Waals surface area contributed by atoms with Gasteiger partial charge in [0.25, 0.3) is 5.95 Å². The van der Waals surface area contributed by atoms with Crippen LogP contribution in [0.15, 0.2) is 12.7 Å². The van der Waals surface area contributed by atoms with E-state index in [0.717, 1.165) is 0 Å². The Morgan fingerprint density at radius 3 is 2.60 bits per heavy atom. The first-order valence-corrected chi connectivity index (χ1v) is 7.42. The van der Waals surface area contributed by atoms with Gasteiger partial charge in [0.05, 0.1) is 0 Å². The van der Waals surface area contributed by atoms with E-state index in [4.69, 9.17) is 5.84 Å². The van der Waals surface area contributed by atoms with Crippen molar-refractivity contribution in [3.63, 3.8) is 0 Å². The van der Waals surface area contributed by atoms with E-state index >= 15 is 0 Å². The quantitative estimate of drug-likeness (QED) is 0.503. The van der Waals surface area contributed by atoms with Crippen LogP contribution in [0.4, 0.5) is 11.9 Å². The van der Waals surface area contributed by atoms with Crippen LogP contribution in [0.25, 0.3) is 5.95 Å². The molecule has 0 bridgehead atoms. The second-order valence-corrected chi connectivity index (χ2v) is 5.77. The zero-order valence-electron chi connectivity index (χ0n) is 10.5. The zero-order valence-corrected chi connectivity index (χ0v) is 11.3. The van der Waals surface area contributed by atoms with E-state index in [1.54, 1.807) is 0 Å². The monoisotopic (exact) mass is 295 g/mol. The van der Waals surface area contributed by atoms with Gasteiger partial charge in [0.2, 0.25) is 11.9 Å². The van der Waals surface area contributed by atoms with Crippen LogP contribution in [0.1, 0.15) is 0 Å². The van der Waals surface area contributed by atoms with Crippen molar-refractivity contribution >= 4 is 22.7 Å². The van der Waals surface area contributed by atoms with Gasteiger partial charge in [-0.3, -0.25) is 9.63 Å². The summed E-state index contributed by atoms with van der Waals surface area (Å²) in [5.74, 6) is 7.64. The first-order chi connectivity index (χ1) is 9.76. The van der Waals surface area contributed by atoms with Crippen LogP contribution in [-0.4, -0.2) is 58.5 Å². The summed E-state index contributed by atoms with van der Waals surface area (Å²) >= 11 is 0. The fraction of sp³-hybridized carbons (Fsp3) is 0.444. The highest BCUT2D eigenvalue weighted by molar-refractivity contribution is 7.85. The van der Waals surface area contributed by atoms with Crippen molar-refractivity contribution in [1.82, 2.24) is 29.7 Å². The van der Waals surface area contributed by atoms with Gasteiger partial charge in [-0.15, -0.1) is 0 Å². The van der Waals surface area contributed by atoms with Crippen molar-refractivity contribution in [3.8, 4) is 5.95 Å². The largest absolute Gasteiger partial charge is 0.339 e. The van der Waals surface area contributed by atoms with Crippen LogP contribution < -0.4 is 16.2 Å². The van der Waals surface area contributed by atoms with Crippen LogP contribution in [0.2, 0.25) is 0 Å². The molecular formula is C9H13N9OS. The third-order valence-corrected chi connectivity index (χ3v) is 4.10. The normalized spacial score (nSPS) is 16.4. The van der Waals surface area contributed by atoms with Gasteiger partial charge in [0.1, 0.15) is 12.7 Å². The molecule has 1 aliphatic heterocycles. The van der Waals surface area contributed by atoms with Crippen LogP contribution in [-0.2, 0) is 10.8 Å². The second kappa shape index (κ2) is 5.46. The van der Waals surface area contributed by atoms with E-state index in [-0.39, 0.29) is 5.95 Å². The average Bonchev–Trinajstić information content (AvgIpc) is 3.02. The molecule has 1 aliphatic rings. The molecule has 10 nitrogen and oxygen atoms in total. The minimum Gasteiger partial charge on any atom is -0.339 e. The number of hydrogen-bond acceptors (Lipinski definition) is 9. The summed E-state index contributed by atoms with van der Waals surface area (Å²) in [5.41, 5.74) is 2.41. The Balaban J connectivity index is 1.94. The van der Waals surface area contributed by atoms with Crippen molar-refractivity contribution in [2.24, 2.45) is 5.84 Å². The van der Waals surface area contributed by atoms with Gasteiger partial charge < -0.3 is 4.90 Å². The summed E-state index contributed by atoms with van der Waals surface area (Å²) in [6, 6.07) is 0. The van der Waals surface area contributed by atoms with E-state index in [0.29, 0.717) is 36.5 Å². The maximum atomic E-state index is 11.4. The smallest absolute Gasteiger partial charge is 0.258 e. The Hall–Kier alpha value is -2.14. The molecule has 1 saturated heterocycles. The number of aromatic nitrogens is 6. The van der Waals surface area contributed by atoms with E-state index in [1.807, 2.05) is 4.90 Å². The van der Waals surface area contributed by atoms with Crippen molar-refractivity contribution in [2.45, 2.75) is 0 Å². The lowest BCUT2D eigenvalue weighted by atomic mass is 10.5. The van der Waals surface area contributed by atoms with Gasteiger partial charge in [0, 0.05) is 35.4 Å². The number of nitrogens with two attached hydrogens (primary N) is 1. The van der Waals surface area contributed by atoms with E-state index in [1.165, 1.54) is 17.3 Å². The number of nitrogens with one attached hydrogen (secondary N) is 1. The maximum Gasteiger partial charge on any atom is 0.258 e. The molecule has 2 aromatic heterocycles. The number of nitrogens with zero attached hydrogens (tertiary/aromatic N) is 7. The number of anilines is 2. The third-order valence-electron chi connectivity index (χ3n) is 2.83. The minimum atomic E-state index is -0.757. The molecule has 0 radical (unpaired) electrons. The zero-order chi connectivity index (χ0) is 13.9. The number of hydrazine groups is 1. The van der Waals surface area contributed by atoms with Gasteiger partial charge >= 0.3 is 0 Å². The third kappa shape index (κ3) is 2.58. The molecule has 2 aromatic rings.